The quantitative estimate of drug-likeness (QED) is 0.762. The molecule has 100 valence electrons. The maximum absolute atomic E-state index is 11.9. The summed E-state index contributed by atoms with van der Waals surface area (Å²) in [6, 6.07) is 9.47. The van der Waals surface area contributed by atoms with Crippen LogP contribution in [0.5, 0.6) is 0 Å². The Hall–Kier alpha value is -2.14. The summed E-state index contributed by atoms with van der Waals surface area (Å²) < 4.78 is 0. The number of nitrogens with zero attached hydrogens (tertiary/aromatic N) is 1. The number of carbonyl (C=O) groups excluding carboxylic acids is 1. The predicted molar refractivity (Wildman–Crippen MR) is 74.7 cm³/mol. The number of benzene rings is 1. The van der Waals surface area contributed by atoms with E-state index in [0.29, 0.717) is 12.2 Å². The fourth-order valence-corrected chi connectivity index (χ4v) is 1.79. The van der Waals surface area contributed by atoms with Gasteiger partial charge in [-0.3, -0.25) is 9.89 Å². The van der Waals surface area contributed by atoms with Gasteiger partial charge in [0.15, 0.2) is 0 Å². The van der Waals surface area contributed by atoms with Crippen LogP contribution in [0.1, 0.15) is 17.5 Å². The van der Waals surface area contributed by atoms with E-state index in [1.54, 1.807) is 6.20 Å². The number of aromatic nitrogens is 2. The van der Waals surface area contributed by atoms with Crippen molar-refractivity contribution in [2.24, 2.45) is 5.73 Å². The molecule has 0 aliphatic carbocycles. The van der Waals surface area contributed by atoms with Gasteiger partial charge in [-0.05, 0) is 25.3 Å². The minimum absolute atomic E-state index is 0.191. The van der Waals surface area contributed by atoms with Gasteiger partial charge >= 0.3 is 0 Å². The molecule has 4 N–H and O–H groups in total. The molecule has 0 radical (unpaired) electrons. The predicted octanol–water partition coefficient (Wildman–Crippen LogP) is 1.62. The molecule has 0 aliphatic rings. The Morgan fingerprint density at radius 1 is 1.42 bits per heavy atom. The lowest BCUT2D eigenvalue weighted by molar-refractivity contribution is -0.117. The van der Waals surface area contributed by atoms with E-state index in [-0.39, 0.29) is 5.91 Å². The summed E-state index contributed by atoms with van der Waals surface area (Å²) in [6.07, 6.45) is 3.06. The van der Waals surface area contributed by atoms with Crippen molar-refractivity contribution in [3.63, 3.8) is 0 Å². The first-order chi connectivity index (χ1) is 9.16. The highest BCUT2D eigenvalue weighted by atomic mass is 16.2. The largest absolute Gasteiger partial charge is 0.320 e. The number of carbonyl (C=O) groups is 1. The molecule has 0 fully saturated rings. The number of nitrogens with two attached hydrogens (primary N) is 1. The highest BCUT2D eigenvalue weighted by Gasteiger charge is 2.15. The topological polar surface area (TPSA) is 83.8 Å². The monoisotopic (exact) mass is 258 g/mol. The lowest BCUT2D eigenvalue weighted by Gasteiger charge is -2.11. The maximum atomic E-state index is 11.9. The zero-order valence-corrected chi connectivity index (χ0v) is 10.9. The maximum Gasteiger partial charge on any atom is 0.242 e. The normalized spacial score (nSPS) is 12.1. The molecule has 0 bridgehead atoms. The molecule has 1 amide bonds. The van der Waals surface area contributed by atoms with E-state index >= 15 is 0 Å². The van der Waals surface area contributed by atoms with Crippen LogP contribution in [-0.4, -0.2) is 22.1 Å². The van der Waals surface area contributed by atoms with Crippen molar-refractivity contribution in [2.75, 3.05) is 5.32 Å². The third-order valence-corrected chi connectivity index (χ3v) is 3.00. The van der Waals surface area contributed by atoms with Crippen molar-refractivity contribution >= 4 is 11.7 Å². The second-order valence-electron chi connectivity index (χ2n) is 4.55. The SMILES string of the molecule is Cc1cn[nH]c1NC(=O)C(N)CCc1ccccc1. The number of anilines is 1. The van der Waals surface area contributed by atoms with Crippen molar-refractivity contribution in [3.05, 3.63) is 47.7 Å². The van der Waals surface area contributed by atoms with Crippen LogP contribution in [0.2, 0.25) is 0 Å². The van der Waals surface area contributed by atoms with E-state index in [4.69, 9.17) is 5.73 Å². The average molecular weight is 258 g/mol. The van der Waals surface area contributed by atoms with Crippen molar-refractivity contribution in [3.8, 4) is 0 Å². The zero-order chi connectivity index (χ0) is 13.7. The number of amides is 1. The van der Waals surface area contributed by atoms with Crippen LogP contribution >= 0.6 is 0 Å². The molecule has 1 aromatic heterocycles. The van der Waals surface area contributed by atoms with E-state index in [1.165, 1.54) is 5.56 Å². The summed E-state index contributed by atoms with van der Waals surface area (Å²) in [5.74, 6) is 0.420. The Bertz CT molecular complexity index is 535. The summed E-state index contributed by atoms with van der Waals surface area (Å²) >= 11 is 0. The van der Waals surface area contributed by atoms with E-state index in [2.05, 4.69) is 15.5 Å². The van der Waals surface area contributed by atoms with Crippen molar-refractivity contribution < 1.29 is 4.79 Å². The molecule has 0 saturated heterocycles. The van der Waals surface area contributed by atoms with Crippen LogP contribution in [0.4, 0.5) is 5.82 Å². The Morgan fingerprint density at radius 3 is 2.79 bits per heavy atom. The number of aromatic amines is 1. The van der Waals surface area contributed by atoms with Crippen molar-refractivity contribution in [1.29, 1.82) is 0 Å². The molecule has 1 heterocycles. The lowest BCUT2D eigenvalue weighted by atomic mass is 10.1. The van der Waals surface area contributed by atoms with Crippen LogP contribution in [0.3, 0.4) is 0 Å². The number of hydrogen-bond donors (Lipinski definition) is 3. The van der Waals surface area contributed by atoms with Crippen LogP contribution in [-0.2, 0) is 11.2 Å². The summed E-state index contributed by atoms with van der Waals surface area (Å²) in [5.41, 5.74) is 7.96. The molecule has 1 atom stereocenters. The molecular formula is C14H18N4O. The molecule has 0 saturated carbocycles. The zero-order valence-electron chi connectivity index (χ0n) is 10.9. The molecule has 0 aliphatic heterocycles. The summed E-state index contributed by atoms with van der Waals surface area (Å²) in [7, 11) is 0. The lowest BCUT2D eigenvalue weighted by Crippen LogP contribution is -2.36. The highest BCUT2D eigenvalue weighted by molar-refractivity contribution is 5.94. The fourth-order valence-electron chi connectivity index (χ4n) is 1.79. The van der Waals surface area contributed by atoms with Gasteiger partial charge in [-0.1, -0.05) is 30.3 Å². The third kappa shape index (κ3) is 3.66. The summed E-state index contributed by atoms with van der Waals surface area (Å²) in [4.78, 5) is 11.9. The first kappa shape index (κ1) is 13.3. The van der Waals surface area contributed by atoms with Gasteiger partial charge in [-0.25, -0.2) is 0 Å². The Balaban J connectivity index is 1.84. The van der Waals surface area contributed by atoms with Gasteiger partial charge in [0.2, 0.25) is 5.91 Å². The first-order valence-corrected chi connectivity index (χ1v) is 6.27. The summed E-state index contributed by atoms with van der Waals surface area (Å²) in [6.45, 7) is 1.87. The third-order valence-electron chi connectivity index (χ3n) is 3.00. The number of hydrogen-bond acceptors (Lipinski definition) is 3. The second kappa shape index (κ2) is 6.15. The Morgan fingerprint density at radius 2 is 2.16 bits per heavy atom. The van der Waals surface area contributed by atoms with E-state index in [1.807, 2.05) is 37.3 Å². The molecular weight excluding hydrogens is 240 g/mol. The molecule has 1 unspecified atom stereocenters. The van der Waals surface area contributed by atoms with Crippen LogP contribution in [0, 0.1) is 6.92 Å². The van der Waals surface area contributed by atoms with Crippen molar-refractivity contribution in [2.45, 2.75) is 25.8 Å². The van der Waals surface area contributed by atoms with Gasteiger partial charge in [0.25, 0.3) is 0 Å². The number of aryl methyl sites for hydroxylation is 2. The van der Waals surface area contributed by atoms with E-state index in [9.17, 15) is 4.79 Å². The molecule has 0 spiro atoms. The summed E-state index contributed by atoms with van der Waals surface area (Å²) in [5, 5.41) is 9.32. The molecule has 5 nitrogen and oxygen atoms in total. The first-order valence-electron chi connectivity index (χ1n) is 6.27. The van der Waals surface area contributed by atoms with Gasteiger partial charge < -0.3 is 11.1 Å². The van der Waals surface area contributed by atoms with Gasteiger partial charge in [-0.2, -0.15) is 5.10 Å². The van der Waals surface area contributed by atoms with Crippen LogP contribution < -0.4 is 11.1 Å². The van der Waals surface area contributed by atoms with E-state index in [0.717, 1.165) is 12.0 Å². The van der Waals surface area contributed by atoms with Gasteiger partial charge in [0, 0.05) is 5.56 Å². The van der Waals surface area contributed by atoms with Crippen molar-refractivity contribution in [1.82, 2.24) is 10.2 Å². The molecule has 19 heavy (non-hydrogen) atoms. The van der Waals surface area contributed by atoms with Gasteiger partial charge in [0.05, 0.1) is 12.2 Å². The molecule has 5 heteroatoms. The number of rotatable bonds is 5. The van der Waals surface area contributed by atoms with Gasteiger partial charge in [0.1, 0.15) is 5.82 Å². The Labute approximate surface area is 112 Å². The highest BCUT2D eigenvalue weighted by Crippen LogP contribution is 2.10. The van der Waals surface area contributed by atoms with Crippen LogP contribution in [0.25, 0.3) is 0 Å². The second-order valence-corrected chi connectivity index (χ2v) is 4.55. The average Bonchev–Trinajstić information content (AvgIpc) is 2.82. The fraction of sp³-hybridized carbons (Fsp3) is 0.286. The standard InChI is InChI=1S/C14H18N4O/c1-10-9-16-18-13(10)17-14(19)12(15)8-7-11-5-3-2-4-6-11/h2-6,9,12H,7-8,15H2,1H3,(H2,16,17,18,19). The smallest absolute Gasteiger partial charge is 0.242 e. The minimum Gasteiger partial charge on any atom is -0.320 e. The molecule has 2 rings (SSSR count). The minimum atomic E-state index is -0.525. The van der Waals surface area contributed by atoms with E-state index < -0.39 is 6.04 Å². The van der Waals surface area contributed by atoms with Crippen LogP contribution in [0.15, 0.2) is 36.5 Å². The molecule has 2 aromatic rings. The molecule has 1 aromatic carbocycles. The number of nitrogens with one attached hydrogen (secondary N) is 2. The number of H-pyrrole nitrogens is 1. The van der Waals surface area contributed by atoms with Gasteiger partial charge in [-0.15, -0.1) is 0 Å². The Kier molecular flexibility index (Phi) is 4.30.